The van der Waals surface area contributed by atoms with Crippen LogP contribution in [0.15, 0.2) is 17.2 Å². The third-order valence-electron chi connectivity index (χ3n) is 2.75. The summed E-state index contributed by atoms with van der Waals surface area (Å²) >= 11 is 1.69. The molecule has 0 saturated carbocycles. The van der Waals surface area contributed by atoms with Crippen LogP contribution in [-0.2, 0) is 16.6 Å². The summed E-state index contributed by atoms with van der Waals surface area (Å²) in [5.74, 6) is 0.928. The van der Waals surface area contributed by atoms with E-state index in [1.165, 1.54) is 6.07 Å². The summed E-state index contributed by atoms with van der Waals surface area (Å²) in [6.07, 6.45) is 4.37. The standard InChI is InChI=1S/C12H22N2O3S2/c1-10(2)14-8-12(7-11(14)9-15)19(16,17)13-5-4-6-18-3/h7-8,10,13,15H,4-6,9H2,1-3H3. The Morgan fingerprint density at radius 3 is 2.63 bits per heavy atom. The molecule has 0 spiro atoms. The number of aromatic nitrogens is 1. The van der Waals surface area contributed by atoms with Crippen LogP contribution in [0.1, 0.15) is 32.0 Å². The Morgan fingerprint density at radius 2 is 2.16 bits per heavy atom. The zero-order chi connectivity index (χ0) is 14.5. The smallest absolute Gasteiger partial charge is 0.242 e. The highest BCUT2D eigenvalue weighted by atomic mass is 32.2. The van der Waals surface area contributed by atoms with Crippen molar-refractivity contribution in [3.05, 3.63) is 18.0 Å². The molecule has 0 bridgehead atoms. The number of aliphatic hydroxyl groups excluding tert-OH is 1. The van der Waals surface area contributed by atoms with Gasteiger partial charge in [0, 0.05) is 24.5 Å². The number of rotatable bonds is 8. The minimum Gasteiger partial charge on any atom is -0.390 e. The van der Waals surface area contributed by atoms with Gasteiger partial charge in [-0.15, -0.1) is 0 Å². The number of hydrogen-bond donors (Lipinski definition) is 2. The van der Waals surface area contributed by atoms with Crippen LogP contribution in [0.25, 0.3) is 0 Å². The second kappa shape index (κ2) is 7.33. The Kier molecular flexibility index (Phi) is 6.38. The van der Waals surface area contributed by atoms with Gasteiger partial charge in [0.2, 0.25) is 10.0 Å². The topological polar surface area (TPSA) is 71.3 Å². The van der Waals surface area contributed by atoms with Gasteiger partial charge in [0.05, 0.1) is 11.5 Å². The average molecular weight is 306 g/mol. The molecule has 0 aliphatic carbocycles. The van der Waals surface area contributed by atoms with Gasteiger partial charge in [-0.1, -0.05) is 0 Å². The third kappa shape index (κ3) is 4.52. The van der Waals surface area contributed by atoms with E-state index in [1.807, 2.05) is 20.1 Å². The summed E-state index contributed by atoms with van der Waals surface area (Å²) in [5, 5.41) is 9.25. The Labute approximate surface area is 119 Å². The lowest BCUT2D eigenvalue weighted by molar-refractivity contribution is 0.268. The van der Waals surface area contributed by atoms with Crippen LogP contribution >= 0.6 is 11.8 Å². The van der Waals surface area contributed by atoms with Crippen LogP contribution < -0.4 is 4.72 Å². The Morgan fingerprint density at radius 1 is 1.47 bits per heavy atom. The zero-order valence-corrected chi connectivity index (χ0v) is 13.2. The molecule has 110 valence electrons. The number of aliphatic hydroxyl groups is 1. The average Bonchev–Trinajstić information content (AvgIpc) is 2.79. The van der Waals surface area contributed by atoms with Crippen molar-refractivity contribution in [3.63, 3.8) is 0 Å². The van der Waals surface area contributed by atoms with Gasteiger partial charge in [0.25, 0.3) is 0 Å². The molecule has 0 aliphatic heterocycles. The summed E-state index contributed by atoms with van der Waals surface area (Å²) in [5.41, 5.74) is 0.611. The highest BCUT2D eigenvalue weighted by Gasteiger charge is 2.18. The van der Waals surface area contributed by atoms with Gasteiger partial charge in [-0.25, -0.2) is 13.1 Å². The van der Waals surface area contributed by atoms with E-state index in [1.54, 1.807) is 22.5 Å². The van der Waals surface area contributed by atoms with Gasteiger partial charge >= 0.3 is 0 Å². The van der Waals surface area contributed by atoms with Gasteiger partial charge < -0.3 is 9.67 Å². The van der Waals surface area contributed by atoms with Gasteiger partial charge in [0.1, 0.15) is 0 Å². The lowest BCUT2D eigenvalue weighted by Gasteiger charge is -2.10. The van der Waals surface area contributed by atoms with Gasteiger partial charge in [-0.2, -0.15) is 11.8 Å². The quantitative estimate of drug-likeness (QED) is 0.716. The zero-order valence-electron chi connectivity index (χ0n) is 11.6. The fourth-order valence-corrected chi connectivity index (χ4v) is 3.31. The molecule has 0 aliphatic rings. The van der Waals surface area contributed by atoms with E-state index in [0.717, 1.165) is 12.2 Å². The Balaban J connectivity index is 2.83. The largest absolute Gasteiger partial charge is 0.390 e. The monoisotopic (exact) mass is 306 g/mol. The molecule has 7 heteroatoms. The van der Waals surface area contributed by atoms with E-state index in [-0.39, 0.29) is 17.5 Å². The van der Waals surface area contributed by atoms with Gasteiger partial charge in [-0.3, -0.25) is 0 Å². The molecule has 1 aromatic rings. The van der Waals surface area contributed by atoms with Crippen molar-refractivity contribution < 1.29 is 13.5 Å². The SMILES string of the molecule is CSCCCNS(=O)(=O)c1cc(CO)n(C(C)C)c1. The molecule has 0 amide bonds. The van der Waals surface area contributed by atoms with E-state index in [2.05, 4.69) is 4.72 Å². The van der Waals surface area contributed by atoms with Crippen LogP contribution in [0.2, 0.25) is 0 Å². The molecule has 19 heavy (non-hydrogen) atoms. The summed E-state index contributed by atoms with van der Waals surface area (Å²) < 4.78 is 28.5. The summed E-state index contributed by atoms with van der Waals surface area (Å²) in [6.45, 7) is 4.16. The number of nitrogens with one attached hydrogen (secondary N) is 1. The minimum atomic E-state index is -3.48. The molecule has 5 nitrogen and oxygen atoms in total. The van der Waals surface area contributed by atoms with Crippen molar-refractivity contribution in [1.82, 2.24) is 9.29 Å². The number of sulfonamides is 1. The molecule has 0 aromatic carbocycles. The van der Waals surface area contributed by atoms with Crippen molar-refractivity contribution in [2.24, 2.45) is 0 Å². The van der Waals surface area contributed by atoms with Crippen LogP contribution in [0, 0.1) is 0 Å². The molecule has 0 saturated heterocycles. The van der Waals surface area contributed by atoms with Crippen LogP contribution in [0.4, 0.5) is 0 Å². The maximum Gasteiger partial charge on any atom is 0.242 e. The molecule has 0 fully saturated rings. The third-order valence-corrected chi connectivity index (χ3v) is 4.88. The predicted octanol–water partition coefficient (Wildman–Crippen LogP) is 1.59. The Hall–Kier alpha value is -0.500. The van der Waals surface area contributed by atoms with Crippen molar-refractivity contribution in [2.45, 2.75) is 37.8 Å². The first-order chi connectivity index (χ1) is 8.92. The predicted molar refractivity (Wildman–Crippen MR) is 78.9 cm³/mol. The van der Waals surface area contributed by atoms with Crippen molar-refractivity contribution in [2.75, 3.05) is 18.6 Å². The normalized spacial score (nSPS) is 12.3. The van der Waals surface area contributed by atoms with Crippen molar-refractivity contribution in [3.8, 4) is 0 Å². The van der Waals surface area contributed by atoms with E-state index in [4.69, 9.17) is 0 Å². The summed E-state index contributed by atoms with van der Waals surface area (Å²) in [7, 11) is -3.48. The molecule has 1 rings (SSSR count). The molecular weight excluding hydrogens is 284 g/mol. The number of hydrogen-bond acceptors (Lipinski definition) is 4. The van der Waals surface area contributed by atoms with Crippen LogP contribution in [0.5, 0.6) is 0 Å². The lowest BCUT2D eigenvalue weighted by atomic mass is 10.3. The minimum absolute atomic E-state index is 0.114. The first-order valence-corrected chi connectivity index (χ1v) is 9.10. The van der Waals surface area contributed by atoms with Crippen LogP contribution in [-0.4, -0.2) is 36.6 Å². The van der Waals surface area contributed by atoms with Crippen molar-refractivity contribution in [1.29, 1.82) is 0 Å². The maximum absolute atomic E-state index is 12.1. The van der Waals surface area contributed by atoms with Crippen LogP contribution in [0.3, 0.4) is 0 Å². The summed E-state index contributed by atoms with van der Waals surface area (Å²) in [4.78, 5) is 0.217. The van der Waals surface area contributed by atoms with Gasteiger partial charge in [-0.05, 0) is 38.3 Å². The van der Waals surface area contributed by atoms with Crippen molar-refractivity contribution >= 4 is 21.8 Å². The number of nitrogens with zero attached hydrogens (tertiary/aromatic N) is 1. The first kappa shape index (κ1) is 16.6. The molecule has 2 N–H and O–H groups in total. The maximum atomic E-state index is 12.1. The number of thioether (sulfide) groups is 1. The first-order valence-electron chi connectivity index (χ1n) is 6.22. The lowest BCUT2D eigenvalue weighted by Crippen LogP contribution is -2.24. The molecule has 1 heterocycles. The highest BCUT2D eigenvalue weighted by molar-refractivity contribution is 7.98. The van der Waals surface area contributed by atoms with E-state index in [0.29, 0.717) is 12.2 Å². The van der Waals surface area contributed by atoms with E-state index in [9.17, 15) is 13.5 Å². The molecular formula is C12H22N2O3S2. The molecule has 0 atom stereocenters. The highest BCUT2D eigenvalue weighted by Crippen LogP contribution is 2.18. The second-order valence-electron chi connectivity index (χ2n) is 4.57. The second-order valence-corrected chi connectivity index (χ2v) is 7.32. The Bertz CT molecular complexity index is 495. The molecule has 1 aromatic heterocycles. The summed E-state index contributed by atoms with van der Waals surface area (Å²) in [6, 6.07) is 1.64. The molecule has 0 unspecified atom stereocenters. The fourth-order valence-electron chi connectivity index (χ4n) is 1.76. The van der Waals surface area contributed by atoms with E-state index < -0.39 is 10.0 Å². The van der Waals surface area contributed by atoms with Gasteiger partial charge in [0.15, 0.2) is 0 Å². The van der Waals surface area contributed by atoms with E-state index >= 15 is 0 Å². The molecule has 0 radical (unpaired) electrons. The fraction of sp³-hybridized carbons (Fsp3) is 0.667.